The molecular formula is C19H24ClFN4O4S. The number of benzene rings is 1. The normalized spacial score (nSPS) is 22.4. The second-order valence-corrected chi connectivity index (χ2v) is 9.17. The first-order valence-electron chi connectivity index (χ1n) is 9.39. The van der Waals surface area contributed by atoms with Crippen LogP contribution >= 0.6 is 12.4 Å². The minimum absolute atomic E-state index is 0. The topological polar surface area (TPSA) is 101 Å². The Morgan fingerprint density at radius 2 is 2.13 bits per heavy atom. The van der Waals surface area contributed by atoms with E-state index in [4.69, 9.17) is 4.74 Å². The van der Waals surface area contributed by atoms with Crippen molar-refractivity contribution in [1.82, 2.24) is 14.6 Å². The van der Waals surface area contributed by atoms with Gasteiger partial charge in [0.25, 0.3) is 5.91 Å². The first-order valence-corrected chi connectivity index (χ1v) is 10.9. The molecule has 2 aliphatic heterocycles. The van der Waals surface area contributed by atoms with Crippen LogP contribution in [0.4, 0.5) is 10.1 Å². The molecule has 1 aromatic heterocycles. The van der Waals surface area contributed by atoms with Gasteiger partial charge in [-0.3, -0.25) is 4.79 Å². The summed E-state index contributed by atoms with van der Waals surface area (Å²) in [4.78, 5) is 12.9. The van der Waals surface area contributed by atoms with Crippen LogP contribution in [0.25, 0.3) is 0 Å². The maximum Gasteiger partial charge on any atom is 0.276 e. The molecule has 3 heterocycles. The molecule has 1 fully saturated rings. The van der Waals surface area contributed by atoms with Crippen LogP contribution in [0.15, 0.2) is 29.3 Å². The van der Waals surface area contributed by atoms with E-state index in [1.54, 1.807) is 14.0 Å². The molecule has 2 atom stereocenters. The van der Waals surface area contributed by atoms with Gasteiger partial charge in [0.2, 0.25) is 10.0 Å². The van der Waals surface area contributed by atoms with Gasteiger partial charge in [-0.05, 0) is 43.7 Å². The molecule has 0 unspecified atom stereocenters. The molecule has 2 aliphatic rings. The first kappa shape index (κ1) is 22.5. The summed E-state index contributed by atoms with van der Waals surface area (Å²) in [6, 6.07) is 4.01. The van der Waals surface area contributed by atoms with Crippen LogP contribution in [0.2, 0.25) is 0 Å². The van der Waals surface area contributed by atoms with E-state index in [2.05, 4.69) is 15.4 Å². The summed E-state index contributed by atoms with van der Waals surface area (Å²) in [5, 5.41) is 5.93. The maximum absolute atomic E-state index is 13.5. The molecule has 1 amide bonds. The number of amides is 1. The number of piperidine rings is 1. The molecular weight excluding hydrogens is 435 g/mol. The third kappa shape index (κ3) is 4.18. The zero-order valence-electron chi connectivity index (χ0n) is 16.6. The second-order valence-electron chi connectivity index (χ2n) is 7.49. The van der Waals surface area contributed by atoms with Gasteiger partial charge in [0.15, 0.2) is 11.4 Å². The van der Waals surface area contributed by atoms with E-state index in [0.29, 0.717) is 24.2 Å². The highest BCUT2D eigenvalue weighted by molar-refractivity contribution is 7.89. The van der Waals surface area contributed by atoms with E-state index in [0.717, 1.165) is 6.54 Å². The molecule has 2 aromatic rings. The number of halogens is 2. The van der Waals surface area contributed by atoms with Gasteiger partial charge < -0.3 is 19.9 Å². The van der Waals surface area contributed by atoms with Crippen molar-refractivity contribution in [3.63, 3.8) is 0 Å². The van der Waals surface area contributed by atoms with Gasteiger partial charge in [0.1, 0.15) is 10.7 Å². The largest absolute Gasteiger partial charge is 0.489 e. The van der Waals surface area contributed by atoms with Gasteiger partial charge in [0, 0.05) is 37.4 Å². The third-order valence-electron chi connectivity index (χ3n) is 5.38. The van der Waals surface area contributed by atoms with E-state index >= 15 is 0 Å². The van der Waals surface area contributed by atoms with Crippen LogP contribution < -0.4 is 20.1 Å². The summed E-state index contributed by atoms with van der Waals surface area (Å²) < 4.78 is 49.4. The number of hydrogen-bond acceptors (Lipinski definition) is 5. The van der Waals surface area contributed by atoms with E-state index in [1.165, 1.54) is 29.0 Å². The van der Waals surface area contributed by atoms with Gasteiger partial charge in [-0.15, -0.1) is 12.4 Å². The fourth-order valence-corrected chi connectivity index (χ4v) is 5.32. The van der Waals surface area contributed by atoms with Crippen LogP contribution in [0.3, 0.4) is 0 Å². The molecule has 164 valence electrons. The number of aromatic nitrogens is 1. The summed E-state index contributed by atoms with van der Waals surface area (Å²) in [5.74, 6) is -0.917. The number of nitrogens with one attached hydrogen (secondary N) is 3. The Labute approximate surface area is 180 Å². The smallest absolute Gasteiger partial charge is 0.276 e. The fraction of sp³-hybridized carbons (Fsp3) is 0.421. The molecule has 30 heavy (non-hydrogen) atoms. The molecule has 11 heteroatoms. The van der Waals surface area contributed by atoms with Crippen molar-refractivity contribution in [1.29, 1.82) is 0 Å². The lowest BCUT2D eigenvalue weighted by molar-refractivity contribution is 0.101. The van der Waals surface area contributed by atoms with Crippen LogP contribution in [0.5, 0.6) is 5.75 Å². The Kier molecular flexibility index (Phi) is 6.42. The molecule has 0 bridgehead atoms. The lowest BCUT2D eigenvalue weighted by Crippen LogP contribution is -2.52. The Balaban J connectivity index is 0.00000256. The predicted octanol–water partition coefficient (Wildman–Crippen LogP) is 1.80. The third-order valence-corrected chi connectivity index (χ3v) is 6.86. The average molecular weight is 459 g/mol. The zero-order chi connectivity index (χ0) is 20.8. The number of rotatable bonds is 2. The summed E-state index contributed by atoms with van der Waals surface area (Å²) in [6.07, 6.45) is 2.05. The van der Waals surface area contributed by atoms with Gasteiger partial charge in [-0.2, -0.15) is 0 Å². The number of nitrogens with zero attached hydrogens (tertiary/aromatic N) is 1. The number of anilines is 1. The number of carbonyl (C=O) groups is 1. The lowest BCUT2D eigenvalue weighted by atomic mass is 9.95. The van der Waals surface area contributed by atoms with Crippen molar-refractivity contribution in [2.24, 2.45) is 13.0 Å². The highest BCUT2D eigenvalue weighted by Crippen LogP contribution is 2.34. The van der Waals surface area contributed by atoms with Crippen molar-refractivity contribution in [2.75, 3.05) is 25.0 Å². The van der Waals surface area contributed by atoms with Crippen molar-refractivity contribution in [3.8, 4) is 5.75 Å². The van der Waals surface area contributed by atoms with E-state index in [1.807, 2.05) is 0 Å². The quantitative estimate of drug-likeness (QED) is 0.637. The summed E-state index contributed by atoms with van der Waals surface area (Å²) in [6.45, 7) is 3.24. The van der Waals surface area contributed by atoms with Crippen LogP contribution in [-0.4, -0.2) is 44.6 Å². The average Bonchev–Trinajstić information content (AvgIpc) is 3.00. The number of ether oxygens (including phenoxy) is 1. The van der Waals surface area contributed by atoms with Crippen LogP contribution in [0.1, 0.15) is 22.5 Å². The SMILES string of the molecule is Cc1cc(NC(=O)c2c3c(cn2C)S(=O)(=O)N[C@@H]2CCNC[C@@H]2CO3)ccc1F.Cl. The van der Waals surface area contributed by atoms with Crippen molar-refractivity contribution in [2.45, 2.75) is 24.3 Å². The van der Waals surface area contributed by atoms with E-state index in [-0.39, 0.29) is 53.1 Å². The van der Waals surface area contributed by atoms with Crippen molar-refractivity contribution < 1.29 is 22.3 Å². The molecule has 3 N–H and O–H groups in total. The molecule has 1 aromatic carbocycles. The minimum Gasteiger partial charge on any atom is -0.489 e. The van der Waals surface area contributed by atoms with E-state index in [9.17, 15) is 17.6 Å². The van der Waals surface area contributed by atoms with Crippen LogP contribution in [-0.2, 0) is 17.1 Å². The Bertz CT molecular complexity index is 1070. The first-order chi connectivity index (χ1) is 13.8. The molecule has 0 radical (unpaired) electrons. The van der Waals surface area contributed by atoms with Crippen molar-refractivity contribution in [3.05, 3.63) is 41.5 Å². The number of aryl methyl sites for hydroxylation is 2. The molecule has 0 spiro atoms. The zero-order valence-corrected chi connectivity index (χ0v) is 18.2. The Morgan fingerprint density at radius 1 is 1.37 bits per heavy atom. The van der Waals surface area contributed by atoms with Crippen LogP contribution in [0, 0.1) is 18.7 Å². The van der Waals surface area contributed by atoms with Gasteiger partial charge in [-0.25, -0.2) is 17.5 Å². The standard InChI is InChI=1S/C19H23FN4O4S.ClH/c1-11-7-13(3-4-14(11)20)22-19(25)17-18-16(9-24(17)2)29(26,27)23-15-5-6-21-8-12(15)10-28-18;/h3-4,7,9,12,15,21,23H,5-6,8,10H2,1-2H3,(H,22,25);1H/t12-,15-;/m1./s1. The van der Waals surface area contributed by atoms with Gasteiger partial charge in [-0.1, -0.05) is 0 Å². The Hall–Kier alpha value is -2.14. The Morgan fingerprint density at radius 3 is 2.87 bits per heavy atom. The number of hydrogen-bond donors (Lipinski definition) is 3. The highest BCUT2D eigenvalue weighted by atomic mass is 35.5. The highest BCUT2D eigenvalue weighted by Gasteiger charge is 2.37. The van der Waals surface area contributed by atoms with E-state index < -0.39 is 15.9 Å². The second kappa shape index (κ2) is 8.54. The molecule has 4 rings (SSSR count). The summed E-state index contributed by atoms with van der Waals surface area (Å²) in [5.41, 5.74) is 0.894. The summed E-state index contributed by atoms with van der Waals surface area (Å²) in [7, 11) is -2.26. The number of fused-ring (bicyclic) bond motifs is 2. The summed E-state index contributed by atoms with van der Waals surface area (Å²) >= 11 is 0. The van der Waals surface area contributed by atoms with Crippen molar-refractivity contribution >= 4 is 34.0 Å². The minimum atomic E-state index is -3.85. The molecule has 8 nitrogen and oxygen atoms in total. The predicted molar refractivity (Wildman–Crippen MR) is 112 cm³/mol. The molecule has 1 saturated heterocycles. The lowest BCUT2D eigenvalue weighted by Gasteiger charge is -2.34. The molecule has 0 saturated carbocycles. The van der Waals surface area contributed by atoms with Gasteiger partial charge in [0.05, 0.1) is 6.61 Å². The monoisotopic (exact) mass is 458 g/mol. The fourth-order valence-electron chi connectivity index (χ4n) is 3.79. The van der Waals surface area contributed by atoms with Gasteiger partial charge >= 0.3 is 0 Å². The number of sulfonamides is 1. The molecule has 0 aliphatic carbocycles. The number of carbonyl (C=O) groups excluding carboxylic acids is 1. The maximum atomic E-state index is 13.5.